The van der Waals surface area contributed by atoms with E-state index in [1.807, 2.05) is 0 Å². The number of hydrogen-bond donors (Lipinski definition) is 0. The van der Waals surface area contributed by atoms with Crippen molar-refractivity contribution in [1.29, 1.82) is 0 Å². The second-order valence-corrected chi connectivity index (χ2v) is 24.0. The molecule has 9 aromatic rings. The van der Waals surface area contributed by atoms with Crippen LogP contribution in [0.4, 0.5) is 34.1 Å². The van der Waals surface area contributed by atoms with Crippen LogP contribution in [0.15, 0.2) is 260 Å². The van der Waals surface area contributed by atoms with Gasteiger partial charge in [0.25, 0.3) is 0 Å². The van der Waals surface area contributed by atoms with Crippen LogP contribution in [-0.4, -0.2) is 19.9 Å². The molecule has 2 heterocycles. The molecule has 65 heavy (non-hydrogen) atoms. The Morgan fingerprint density at radius 1 is 0.446 bits per heavy atom. The van der Waals surface area contributed by atoms with Gasteiger partial charge < -0.3 is 9.13 Å². The standard InChI is InChI=1S/C60H53N3SSi/c1-47-56-44-59-60(63(52-34-18-6-19-35-52)65(54-38-22-8-23-39-54,55-40-24-9-25-41-55)62(59)51-32-16-5-17-33-51)45-58(56)61(50-30-14-4-15-31-50)64(53-36-20-7-21-37-53,43-42-48-26-10-2-11-27-48)46-57(47)49-28-12-3-13-29-49/h2-41,44-45,47,57H,42-43,46H2,1H3. The Kier molecular flexibility index (Phi) is 11.0. The minimum absolute atomic E-state index is 0.187. The molecule has 318 valence electrons. The zero-order valence-corrected chi connectivity index (χ0v) is 38.6. The number of aryl methyl sites for hydroxylation is 1. The van der Waals surface area contributed by atoms with Gasteiger partial charge in [0.1, 0.15) is 0 Å². The molecule has 3 atom stereocenters. The van der Waals surface area contributed by atoms with Crippen LogP contribution in [0.3, 0.4) is 0 Å². The van der Waals surface area contributed by atoms with E-state index in [0.29, 0.717) is 0 Å². The van der Waals surface area contributed by atoms with E-state index in [1.165, 1.54) is 66.1 Å². The maximum atomic E-state index is 2.86. The first-order chi connectivity index (χ1) is 32.2. The highest BCUT2D eigenvalue weighted by atomic mass is 32.3. The Hall–Kier alpha value is -7.05. The van der Waals surface area contributed by atoms with E-state index < -0.39 is 18.6 Å². The summed E-state index contributed by atoms with van der Waals surface area (Å²) in [5, 5.41) is 2.65. The summed E-state index contributed by atoms with van der Waals surface area (Å²) >= 11 is 0. The van der Waals surface area contributed by atoms with Crippen LogP contribution >= 0.6 is 10.2 Å². The molecule has 0 saturated heterocycles. The maximum absolute atomic E-state index is 3.20. The van der Waals surface area contributed by atoms with Crippen molar-refractivity contribution in [2.24, 2.45) is 0 Å². The number of rotatable bonds is 10. The molecule has 2 aliphatic rings. The lowest BCUT2D eigenvalue weighted by molar-refractivity contribution is 0.634. The number of fused-ring (bicyclic) bond motifs is 2. The van der Waals surface area contributed by atoms with Crippen LogP contribution in [0, 0.1) is 0 Å². The van der Waals surface area contributed by atoms with Crippen molar-refractivity contribution in [3.8, 4) is 0 Å². The molecule has 3 nitrogen and oxygen atoms in total. The van der Waals surface area contributed by atoms with E-state index in [2.05, 4.69) is 275 Å². The SMILES string of the molecule is CC1c2cc3c(cc2N(c2ccccc2)S(CCc2ccccc2)(c2ccccc2)CC1c1ccccc1)N(c1ccccc1)[Si](c1ccccc1)(c1ccccc1)N3c1ccccc1. The zero-order chi connectivity index (χ0) is 43.6. The van der Waals surface area contributed by atoms with Crippen molar-refractivity contribution in [1.82, 2.24) is 0 Å². The second-order valence-electron chi connectivity index (χ2n) is 17.3. The third kappa shape index (κ3) is 7.07. The van der Waals surface area contributed by atoms with Crippen molar-refractivity contribution >= 4 is 63.1 Å². The normalized spacial score (nSPS) is 19.7. The summed E-state index contributed by atoms with van der Waals surface area (Å²) in [4.78, 5) is 1.42. The fourth-order valence-corrected chi connectivity index (χ4v) is 20.3. The van der Waals surface area contributed by atoms with Gasteiger partial charge in [0.2, 0.25) is 0 Å². The molecule has 0 N–H and O–H groups in total. The second kappa shape index (κ2) is 17.5. The zero-order valence-electron chi connectivity index (χ0n) is 36.8. The summed E-state index contributed by atoms with van der Waals surface area (Å²) in [6.07, 6.45) is 0.973. The monoisotopic (exact) mass is 875 g/mol. The Labute approximate surface area is 387 Å². The molecule has 0 fully saturated rings. The lowest BCUT2D eigenvalue weighted by atomic mass is 9.82. The van der Waals surface area contributed by atoms with Crippen molar-refractivity contribution in [3.63, 3.8) is 0 Å². The number of hydrogen-bond acceptors (Lipinski definition) is 3. The first-order valence-corrected chi connectivity index (χ1v) is 26.8. The highest BCUT2D eigenvalue weighted by Crippen LogP contribution is 2.70. The molecule has 3 unspecified atom stereocenters. The number of anilines is 6. The quantitative estimate of drug-likeness (QED) is 0.127. The third-order valence-corrected chi connectivity index (χ3v) is 22.3. The van der Waals surface area contributed by atoms with Gasteiger partial charge in [-0.3, -0.25) is 4.31 Å². The molecule has 0 aromatic heterocycles. The first-order valence-electron chi connectivity index (χ1n) is 22.9. The van der Waals surface area contributed by atoms with E-state index in [1.54, 1.807) is 0 Å². The van der Waals surface area contributed by atoms with Gasteiger partial charge in [-0.15, -0.1) is 10.2 Å². The van der Waals surface area contributed by atoms with Gasteiger partial charge in [0.15, 0.2) is 0 Å². The lowest BCUT2D eigenvalue weighted by Gasteiger charge is -2.51. The van der Waals surface area contributed by atoms with Crippen LogP contribution in [-0.2, 0) is 6.42 Å². The molecule has 0 spiro atoms. The average Bonchev–Trinajstić information content (AvgIpc) is 3.64. The number of para-hydroxylation sites is 3. The minimum atomic E-state index is -3.20. The number of nitrogens with zero attached hydrogens (tertiary/aromatic N) is 3. The summed E-state index contributed by atoms with van der Waals surface area (Å²) in [5.74, 6) is 2.45. The predicted octanol–water partition coefficient (Wildman–Crippen LogP) is 14.3. The smallest absolute Gasteiger partial charge is 0.340 e. The maximum Gasteiger partial charge on any atom is 0.340 e. The molecule has 0 aliphatic carbocycles. The van der Waals surface area contributed by atoms with Crippen LogP contribution in [0.5, 0.6) is 0 Å². The molecule has 0 bridgehead atoms. The topological polar surface area (TPSA) is 9.72 Å². The van der Waals surface area contributed by atoms with Crippen molar-refractivity contribution < 1.29 is 0 Å². The lowest BCUT2D eigenvalue weighted by Crippen LogP contribution is -2.75. The molecule has 0 saturated carbocycles. The highest BCUT2D eigenvalue weighted by Gasteiger charge is 2.58. The summed E-state index contributed by atoms with van der Waals surface area (Å²) in [6, 6.07) is 95.8. The fourth-order valence-electron chi connectivity index (χ4n) is 10.8. The summed E-state index contributed by atoms with van der Waals surface area (Å²) in [6.45, 7) is 2.51. The first kappa shape index (κ1) is 40.7. The minimum Gasteiger partial charge on any atom is -0.341 e. The number of benzene rings is 9. The molecule has 9 aromatic carbocycles. The van der Waals surface area contributed by atoms with Crippen molar-refractivity contribution in [2.45, 2.75) is 30.1 Å². The summed E-state index contributed by atoms with van der Waals surface area (Å²) < 4.78 is 8.41. The van der Waals surface area contributed by atoms with Gasteiger partial charge >= 0.3 is 8.40 Å². The summed E-state index contributed by atoms with van der Waals surface area (Å²) in [7, 11) is -5.04. The molecule has 11 rings (SSSR count). The van der Waals surface area contributed by atoms with Gasteiger partial charge in [-0.25, -0.2) is 0 Å². The molecular weight excluding hydrogens is 823 g/mol. The van der Waals surface area contributed by atoms with E-state index in [4.69, 9.17) is 0 Å². The van der Waals surface area contributed by atoms with Gasteiger partial charge in [0.05, 0.1) is 22.7 Å². The van der Waals surface area contributed by atoms with E-state index >= 15 is 0 Å². The fraction of sp³-hybridized carbons (Fsp3) is 0.100. The van der Waals surface area contributed by atoms with E-state index in [9.17, 15) is 0 Å². The van der Waals surface area contributed by atoms with Crippen molar-refractivity contribution in [2.75, 3.05) is 24.9 Å². The van der Waals surface area contributed by atoms with Gasteiger partial charge in [0, 0.05) is 33.7 Å². The van der Waals surface area contributed by atoms with E-state index in [-0.39, 0.29) is 11.8 Å². The van der Waals surface area contributed by atoms with Crippen LogP contribution in [0.2, 0.25) is 0 Å². The molecule has 2 aliphatic heterocycles. The third-order valence-electron chi connectivity index (χ3n) is 13.7. The largest absolute Gasteiger partial charge is 0.341 e. The molecule has 0 amide bonds. The molecular formula is C60H53N3SSi. The Morgan fingerprint density at radius 2 is 0.862 bits per heavy atom. The Bertz CT molecular complexity index is 2940. The average molecular weight is 876 g/mol. The van der Waals surface area contributed by atoms with Crippen LogP contribution < -0.4 is 23.8 Å². The summed E-state index contributed by atoms with van der Waals surface area (Å²) in [5.41, 5.74) is 11.6. The van der Waals surface area contributed by atoms with Crippen LogP contribution in [0.25, 0.3) is 0 Å². The molecule has 0 radical (unpaired) electrons. The van der Waals surface area contributed by atoms with Gasteiger partial charge in [-0.05, 0) is 100 Å². The predicted molar refractivity (Wildman–Crippen MR) is 280 cm³/mol. The Morgan fingerprint density at radius 3 is 1.37 bits per heavy atom. The van der Waals surface area contributed by atoms with Crippen LogP contribution in [0.1, 0.15) is 35.4 Å². The highest BCUT2D eigenvalue weighted by molar-refractivity contribution is 8.35. The van der Waals surface area contributed by atoms with Crippen molar-refractivity contribution in [3.05, 3.63) is 271 Å². The van der Waals surface area contributed by atoms with Gasteiger partial charge in [-0.1, -0.05) is 201 Å². The van der Waals surface area contributed by atoms with Gasteiger partial charge in [-0.2, -0.15) is 0 Å². The van der Waals surface area contributed by atoms with E-state index in [0.717, 1.165) is 17.9 Å². The Balaban J connectivity index is 1.28. The molecule has 5 heteroatoms.